The molecule has 2 fully saturated rings. The van der Waals surface area contributed by atoms with Gasteiger partial charge in [-0.05, 0) is 31.4 Å². The Bertz CT molecular complexity index is 884. The first-order valence-electron chi connectivity index (χ1n) is 9.29. The number of benzene rings is 1. The maximum atomic E-state index is 12.7. The van der Waals surface area contributed by atoms with Gasteiger partial charge < -0.3 is 9.80 Å². The first kappa shape index (κ1) is 17.3. The Labute approximate surface area is 156 Å². The molecule has 1 saturated carbocycles. The lowest BCUT2D eigenvalue weighted by Gasteiger charge is -2.31. The summed E-state index contributed by atoms with van der Waals surface area (Å²) in [6, 6.07) is 7.43. The molecule has 2 heterocycles. The van der Waals surface area contributed by atoms with Gasteiger partial charge in [0.2, 0.25) is 11.8 Å². The van der Waals surface area contributed by atoms with Crippen LogP contribution in [0.4, 0.5) is 0 Å². The zero-order valence-electron chi connectivity index (χ0n) is 14.7. The third-order valence-corrected chi connectivity index (χ3v) is 6.51. The molecule has 0 unspecified atom stereocenters. The molecule has 2 aromatic rings. The molecule has 26 heavy (non-hydrogen) atoms. The van der Waals surface area contributed by atoms with Crippen LogP contribution >= 0.6 is 11.5 Å². The molecule has 7 heteroatoms. The van der Waals surface area contributed by atoms with E-state index in [1.165, 1.54) is 15.5 Å². The SMILES string of the molecule is O=C(Cn1sc2ccccc2c1=O)N1CCCN(C(=O)C2CCC2)CC1. The molecule has 138 valence electrons. The zero-order valence-corrected chi connectivity index (χ0v) is 15.5. The van der Waals surface area contributed by atoms with E-state index in [4.69, 9.17) is 0 Å². The zero-order chi connectivity index (χ0) is 18.1. The van der Waals surface area contributed by atoms with Crippen molar-refractivity contribution in [1.29, 1.82) is 0 Å². The monoisotopic (exact) mass is 373 g/mol. The highest BCUT2D eigenvalue weighted by Gasteiger charge is 2.31. The summed E-state index contributed by atoms with van der Waals surface area (Å²) >= 11 is 1.33. The van der Waals surface area contributed by atoms with Crippen LogP contribution in [0.1, 0.15) is 25.7 Å². The molecular formula is C19H23N3O3S. The van der Waals surface area contributed by atoms with E-state index in [9.17, 15) is 14.4 Å². The number of aromatic nitrogens is 1. The van der Waals surface area contributed by atoms with Crippen LogP contribution in [0.25, 0.3) is 10.1 Å². The highest BCUT2D eigenvalue weighted by Crippen LogP contribution is 2.28. The third kappa shape index (κ3) is 3.28. The average molecular weight is 373 g/mol. The summed E-state index contributed by atoms with van der Waals surface area (Å²) in [5.41, 5.74) is -0.101. The van der Waals surface area contributed by atoms with Crippen molar-refractivity contribution in [2.75, 3.05) is 26.2 Å². The van der Waals surface area contributed by atoms with Crippen molar-refractivity contribution in [2.24, 2.45) is 5.92 Å². The van der Waals surface area contributed by atoms with E-state index in [0.29, 0.717) is 25.0 Å². The Morgan fingerprint density at radius 3 is 2.46 bits per heavy atom. The van der Waals surface area contributed by atoms with Crippen LogP contribution < -0.4 is 5.56 Å². The summed E-state index contributed by atoms with van der Waals surface area (Å²) in [5, 5.41) is 0.665. The number of carbonyl (C=O) groups is 2. The number of amides is 2. The lowest BCUT2D eigenvalue weighted by Crippen LogP contribution is -2.42. The van der Waals surface area contributed by atoms with Gasteiger partial charge in [-0.2, -0.15) is 0 Å². The second-order valence-electron chi connectivity index (χ2n) is 7.12. The maximum Gasteiger partial charge on any atom is 0.268 e. The maximum absolute atomic E-state index is 12.7. The molecule has 2 amide bonds. The number of carbonyl (C=O) groups excluding carboxylic acids is 2. The molecule has 4 rings (SSSR count). The number of nitrogens with zero attached hydrogens (tertiary/aromatic N) is 3. The van der Waals surface area contributed by atoms with E-state index in [1.807, 2.05) is 23.1 Å². The minimum atomic E-state index is -0.101. The molecule has 0 atom stereocenters. The Kier molecular flexibility index (Phi) is 4.80. The second kappa shape index (κ2) is 7.23. The van der Waals surface area contributed by atoms with Crippen molar-refractivity contribution >= 4 is 33.4 Å². The number of fused-ring (bicyclic) bond motifs is 1. The number of rotatable bonds is 3. The highest BCUT2D eigenvalue weighted by atomic mass is 32.1. The van der Waals surface area contributed by atoms with Gasteiger partial charge in [0.1, 0.15) is 6.54 Å². The molecule has 0 N–H and O–H groups in total. The van der Waals surface area contributed by atoms with Gasteiger partial charge in [0.15, 0.2) is 0 Å². The number of hydrogen-bond acceptors (Lipinski definition) is 4. The summed E-state index contributed by atoms with van der Waals surface area (Å²) in [5.74, 6) is 0.414. The fraction of sp³-hybridized carbons (Fsp3) is 0.526. The van der Waals surface area contributed by atoms with Crippen LogP contribution in [0, 0.1) is 5.92 Å². The van der Waals surface area contributed by atoms with E-state index < -0.39 is 0 Å². The molecular weight excluding hydrogens is 350 g/mol. The Hall–Kier alpha value is -2.15. The summed E-state index contributed by atoms with van der Waals surface area (Å²) < 4.78 is 2.44. The van der Waals surface area contributed by atoms with Gasteiger partial charge in [-0.15, -0.1) is 0 Å². The van der Waals surface area contributed by atoms with Gasteiger partial charge >= 0.3 is 0 Å². The smallest absolute Gasteiger partial charge is 0.268 e. The van der Waals surface area contributed by atoms with Crippen LogP contribution in [-0.4, -0.2) is 51.7 Å². The van der Waals surface area contributed by atoms with Crippen molar-refractivity contribution in [3.63, 3.8) is 0 Å². The fourth-order valence-electron chi connectivity index (χ4n) is 3.65. The standard InChI is InChI=1S/C19H23N3O3S/c23-17(13-22-19(25)15-7-1-2-8-16(15)26-22)20-9-4-10-21(12-11-20)18(24)14-5-3-6-14/h1-2,7-8,14H,3-6,9-13H2. The number of hydrogen-bond donors (Lipinski definition) is 0. The summed E-state index contributed by atoms with van der Waals surface area (Å²) in [7, 11) is 0. The topological polar surface area (TPSA) is 62.6 Å². The van der Waals surface area contributed by atoms with Gasteiger partial charge in [0, 0.05) is 32.1 Å². The second-order valence-corrected chi connectivity index (χ2v) is 8.18. The molecule has 1 aliphatic carbocycles. The van der Waals surface area contributed by atoms with Crippen LogP contribution in [0.5, 0.6) is 0 Å². The lowest BCUT2D eigenvalue weighted by molar-refractivity contribution is -0.138. The van der Waals surface area contributed by atoms with E-state index in [-0.39, 0.29) is 29.8 Å². The fourth-order valence-corrected chi connectivity index (χ4v) is 4.63. The normalized spacial score (nSPS) is 18.6. The van der Waals surface area contributed by atoms with Crippen LogP contribution in [0.3, 0.4) is 0 Å². The van der Waals surface area contributed by atoms with Gasteiger partial charge in [-0.1, -0.05) is 30.1 Å². The van der Waals surface area contributed by atoms with Gasteiger partial charge in [0.05, 0.1) is 10.1 Å². The molecule has 1 saturated heterocycles. The van der Waals surface area contributed by atoms with E-state index >= 15 is 0 Å². The van der Waals surface area contributed by atoms with Crippen molar-refractivity contribution < 1.29 is 9.59 Å². The predicted molar refractivity (Wildman–Crippen MR) is 101 cm³/mol. The minimum Gasteiger partial charge on any atom is -0.341 e. The van der Waals surface area contributed by atoms with Gasteiger partial charge in [0.25, 0.3) is 5.56 Å². The van der Waals surface area contributed by atoms with E-state index in [1.54, 1.807) is 11.0 Å². The van der Waals surface area contributed by atoms with E-state index in [0.717, 1.165) is 36.9 Å². The van der Waals surface area contributed by atoms with Crippen LogP contribution in [-0.2, 0) is 16.1 Å². The summed E-state index contributed by atoms with van der Waals surface area (Å²) in [6.07, 6.45) is 3.96. The highest BCUT2D eigenvalue weighted by molar-refractivity contribution is 7.13. The molecule has 6 nitrogen and oxygen atoms in total. The van der Waals surface area contributed by atoms with Gasteiger partial charge in [-0.3, -0.25) is 18.3 Å². The molecule has 0 radical (unpaired) electrons. The van der Waals surface area contributed by atoms with Gasteiger partial charge in [-0.25, -0.2) is 0 Å². The summed E-state index contributed by atoms with van der Waals surface area (Å²) in [6.45, 7) is 2.60. The Morgan fingerprint density at radius 2 is 1.73 bits per heavy atom. The first-order chi connectivity index (χ1) is 12.6. The molecule has 1 aromatic carbocycles. The average Bonchev–Trinajstić information content (AvgIpc) is 2.77. The van der Waals surface area contributed by atoms with Crippen molar-refractivity contribution in [3.8, 4) is 0 Å². The largest absolute Gasteiger partial charge is 0.341 e. The molecule has 2 aliphatic rings. The molecule has 1 aromatic heterocycles. The Balaban J connectivity index is 1.40. The van der Waals surface area contributed by atoms with Crippen LogP contribution in [0.15, 0.2) is 29.1 Å². The minimum absolute atomic E-state index is 0.0448. The Morgan fingerprint density at radius 1 is 1.00 bits per heavy atom. The van der Waals surface area contributed by atoms with Crippen LogP contribution in [0.2, 0.25) is 0 Å². The summed E-state index contributed by atoms with van der Waals surface area (Å²) in [4.78, 5) is 41.3. The van der Waals surface area contributed by atoms with Crippen molar-refractivity contribution in [1.82, 2.24) is 13.8 Å². The van der Waals surface area contributed by atoms with Crippen molar-refractivity contribution in [3.05, 3.63) is 34.6 Å². The molecule has 1 aliphatic heterocycles. The predicted octanol–water partition coefficient (Wildman–Crippen LogP) is 1.92. The lowest BCUT2D eigenvalue weighted by atomic mass is 9.84. The molecule has 0 bridgehead atoms. The first-order valence-corrected chi connectivity index (χ1v) is 10.1. The quantitative estimate of drug-likeness (QED) is 0.826. The third-order valence-electron chi connectivity index (χ3n) is 5.45. The molecule has 0 spiro atoms. The van der Waals surface area contributed by atoms with Crippen molar-refractivity contribution in [2.45, 2.75) is 32.2 Å². The van der Waals surface area contributed by atoms with E-state index in [2.05, 4.69) is 0 Å².